The van der Waals surface area contributed by atoms with Crippen molar-refractivity contribution >= 4 is 12.0 Å². The zero-order chi connectivity index (χ0) is 15.2. The Balaban J connectivity index is 2.69. The van der Waals surface area contributed by atoms with Crippen molar-refractivity contribution in [3.8, 4) is 0 Å². The molecule has 3 heteroatoms. The predicted molar refractivity (Wildman–Crippen MR) is 83.4 cm³/mol. The Labute approximate surface area is 121 Å². The molecule has 3 nitrogen and oxygen atoms in total. The highest BCUT2D eigenvalue weighted by Gasteiger charge is 2.19. The van der Waals surface area contributed by atoms with Crippen LogP contribution in [-0.2, 0) is 11.2 Å². The molecule has 1 amide bonds. The van der Waals surface area contributed by atoms with Crippen LogP contribution in [0.1, 0.15) is 38.8 Å². The molecule has 0 radical (unpaired) electrons. The predicted octanol–water partition coefficient (Wildman–Crippen LogP) is 2.88. The van der Waals surface area contributed by atoms with Crippen LogP contribution >= 0.6 is 0 Å². The van der Waals surface area contributed by atoms with Gasteiger partial charge in [-0.25, -0.2) is 0 Å². The number of carbonyl (C=O) groups is 1. The first-order valence-electron chi connectivity index (χ1n) is 7.14. The average molecular weight is 275 g/mol. The number of benzene rings is 1. The van der Waals surface area contributed by atoms with Crippen molar-refractivity contribution in [3.05, 3.63) is 41.5 Å². The van der Waals surface area contributed by atoms with Gasteiger partial charge >= 0.3 is 0 Å². The van der Waals surface area contributed by atoms with Gasteiger partial charge in [0.1, 0.15) is 0 Å². The number of likely N-dealkylation sites (N-methyl/N-ethyl adjacent to an activating group) is 1. The van der Waals surface area contributed by atoms with Gasteiger partial charge in [-0.2, -0.15) is 0 Å². The smallest absolute Gasteiger partial charge is 0.246 e. The molecule has 0 atom stereocenters. The number of aliphatic hydroxyl groups is 1. The molecule has 20 heavy (non-hydrogen) atoms. The van der Waals surface area contributed by atoms with Crippen molar-refractivity contribution in [3.63, 3.8) is 0 Å². The summed E-state index contributed by atoms with van der Waals surface area (Å²) in [6.07, 6.45) is 4.39. The van der Waals surface area contributed by atoms with Crippen molar-refractivity contribution < 1.29 is 9.90 Å². The van der Waals surface area contributed by atoms with Crippen molar-refractivity contribution in [1.82, 2.24) is 4.90 Å². The maximum Gasteiger partial charge on any atom is 0.246 e. The molecule has 0 saturated carbocycles. The third-order valence-electron chi connectivity index (χ3n) is 3.08. The van der Waals surface area contributed by atoms with E-state index in [1.165, 1.54) is 5.56 Å². The van der Waals surface area contributed by atoms with Crippen LogP contribution in [0.2, 0.25) is 0 Å². The van der Waals surface area contributed by atoms with E-state index in [9.17, 15) is 9.90 Å². The van der Waals surface area contributed by atoms with Gasteiger partial charge in [0.05, 0.1) is 5.60 Å². The lowest BCUT2D eigenvalue weighted by Crippen LogP contribution is -2.41. The van der Waals surface area contributed by atoms with Crippen LogP contribution in [0.15, 0.2) is 30.3 Å². The number of aryl methyl sites for hydroxylation is 1. The highest BCUT2D eigenvalue weighted by atomic mass is 16.3. The maximum atomic E-state index is 12.1. The number of nitrogens with zero attached hydrogens (tertiary/aromatic N) is 1. The summed E-state index contributed by atoms with van der Waals surface area (Å²) in [7, 11) is 0. The third-order valence-corrected chi connectivity index (χ3v) is 3.08. The second-order valence-corrected chi connectivity index (χ2v) is 5.59. The molecule has 1 aromatic rings. The fourth-order valence-corrected chi connectivity index (χ4v) is 1.95. The maximum absolute atomic E-state index is 12.1. The van der Waals surface area contributed by atoms with E-state index in [0.29, 0.717) is 13.1 Å². The molecule has 0 aliphatic heterocycles. The SMILES string of the molecule is CCc1ccc(C=CC(=O)N(CC)CC(C)(C)O)cc1. The van der Waals surface area contributed by atoms with Gasteiger partial charge in [-0.1, -0.05) is 31.2 Å². The molecular formula is C17H25NO2. The topological polar surface area (TPSA) is 40.5 Å². The first-order valence-corrected chi connectivity index (χ1v) is 7.14. The minimum absolute atomic E-state index is 0.0748. The van der Waals surface area contributed by atoms with E-state index >= 15 is 0 Å². The van der Waals surface area contributed by atoms with Gasteiger partial charge in [-0.15, -0.1) is 0 Å². The molecule has 0 unspecified atom stereocenters. The van der Waals surface area contributed by atoms with E-state index in [0.717, 1.165) is 12.0 Å². The summed E-state index contributed by atoms with van der Waals surface area (Å²) in [5.41, 5.74) is 1.42. The summed E-state index contributed by atoms with van der Waals surface area (Å²) in [6, 6.07) is 8.15. The van der Waals surface area contributed by atoms with E-state index in [2.05, 4.69) is 19.1 Å². The molecular weight excluding hydrogens is 250 g/mol. The monoisotopic (exact) mass is 275 g/mol. The van der Waals surface area contributed by atoms with Gasteiger partial charge in [0.15, 0.2) is 0 Å². The fraction of sp³-hybridized carbons (Fsp3) is 0.471. The average Bonchev–Trinajstić information content (AvgIpc) is 2.41. The number of amides is 1. The molecule has 0 aromatic heterocycles. The molecule has 1 aromatic carbocycles. The fourth-order valence-electron chi connectivity index (χ4n) is 1.95. The minimum Gasteiger partial charge on any atom is -0.389 e. The molecule has 1 rings (SSSR count). The van der Waals surface area contributed by atoms with E-state index < -0.39 is 5.60 Å². The molecule has 0 heterocycles. The van der Waals surface area contributed by atoms with Gasteiger partial charge in [0.25, 0.3) is 0 Å². The van der Waals surface area contributed by atoms with Crippen LogP contribution in [0, 0.1) is 0 Å². The first kappa shape index (κ1) is 16.4. The van der Waals surface area contributed by atoms with Crippen molar-refractivity contribution in [2.75, 3.05) is 13.1 Å². The Morgan fingerprint density at radius 3 is 2.30 bits per heavy atom. The Bertz CT molecular complexity index is 455. The van der Waals surface area contributed by atoms with Crippen LogP contribution < -0.4 is 0 Å². The van der Waals surface area contributed by atoms with E-state index in [1.54, 1.807) is 24.8 Å². The summed E-state index contributed by atoms with van der Waals surface area (Å²) < 4.78 is 0. The molecule has 0 aliphatic carbocycles. The van der Waals surface area contributed by atoms with E-state index in [1.807, 2.05) is 25.1 Å². The second kappa shape index (κ2) is 7.25. The Morgan fingerprint density at radius 2 is 1.85 bits per heavy atom. The van der Waals surface area contributed by atoms with E-state index in [-0.39, 0.29) is 5.91 Å². The Hall–Kier alpha value is -1.61. The normalized spacial score (nSPS) is 11.8. The van der Waals surface area contributed by atoms with Crippen LogP contribution in [0.3, 0.4) is 0 Å². The van der Waals surface area contributed by atoms with E-state index in [4.69, 9.17) is 0 Å². The highest BCUT2D eigenvalue weighted by Crippen LogP contribution is 2.09. The summed E-state index contributed by atoms with van der Waals surface area (Å²) in [5, 5.41) is 9.79. The molecule has 1 N–H and O–H groups in total. The summed E-state index contributed by atoms with van der Waals surface area (Å²) >= 11 is 0. The molecule has 110 valence electrons. The zero-order valence-corrected chi connectivity index (χ0v) is 12.9. The van der Waals surface area contributed by atoms with Gasteiger partial charge in [0.2, 0.25) is 5.91 Å². The lowest BCUT2D eigenvalue weighted by atomic mass is 10.1. The standard InChI is InChI=1S/C17H25NO2/c1-5-14-7-9-15(10-8-14)11-12-16(19)18(6-2)13-17(3,4)20/h7-12,20H,5-6,13H2,1-4H3. The lowest BCUT2D eigenvalue weighted by molar-refractivity contribution is -0.128. The first-order chi connectivity index (χ1) is 9.35. The van der Waals surface area contributed by atoms with Crippen LogP contribution in [0.5, 0.6) is 0 Å². The van der Waals surface area contributed by atoms with Crippen LogP contribution in [0.25, 0.3) is 6.08 Å². The number of rotatable bonds is 6. The van der Waals surface area contributed by atoms with Crippen molar-refractivity contribution in [2.45, 2.75) is 39.7 Å². The number of hydrogen-bond donors (Lipinski definition) is 1. The van der Waals surface area contributed by atoms with Gasteiger partial charge in [0, 0.05) is 19.2 Å². The summed E-state index contributed by atoms with van der Waals surface area (Å²) in [4.78, 5) is 13.7. The number of hydrogen-bond acceptors (Lipinski definition) is 2. The quantitative estimate of drug-likeness (QED) is 0.811. The highest BCUT2D eigenvalue weighted by molar-refractivity contribution is 5.91. The molecule has 0 spiro atoms. The zero-order valence-electron chi connectivity index (χ0n) is 12.9. The second-order valence-electron chi connectivity index (χ2n) is 5.59. The molecule has 0 aliphatic rings. The molecule has 0 saturated heterocycles. The number of carbonyl (C=O) groups excluding carboxylic acids is 1. The largest absolute Gasteiger partial charge is 0.389 e. The minimum atomic E-state index is -0.873. The summed E-state index contributed by atoms with van der Waals surface area (Å²) in [6.45, 7) is 8.35. The Morgan fingerprint density at radius 1 is 1.25 bits per heavy atom. The van der Waals surface area contributed by atoms with Gasteiger partial charge < -0.3 is 10.0 Å². The Kier molecular flexibility index (Phi) is 5.96. The van der Waals surface area contributed by atoms with Gasteiger partial charge in [-0.3, -0.25) is 4.79 Å². The van der Waals surface area contributed by atoms with Gasteiger partial charge in [-0.05, 0) is 44.4 Å². The van der Waals surface area contributed by atoms with Crippen LogP contribution in [0.4, 0.5) is 0 Å². The third kappa shape index (κ3) is 5.57. The lowest BCUT2D eigenvalue weighted by Gasteiger charge is -2.27. The van der Waals surface area contributed by atoms with Crippen LogP contribution in [-0.4, -0.2) is 34.6 Å². The van der Waals surface area contributed by atoms with Crippen molar-refractivity contribution in [2.24, 2.45) is 0 Å². The van der Waals surface area contributed by atoms with Crippen molar-refractivity contribution in [1.29, 1.82) is 0 Å². The summed E-state index contributed by atoms with van der Waals surface area (Å²) in [5.74, 6) is -0.0748. The molecule has 0 bridgehead atoms. The molecule has 0 fully saturated rings.